The van der Waals surface area contributed by atoms with E-state index in [0.717, 1.165) is 100 Å². The molecule has 0 atom stereocenters. The fourth-order valence-electron chi connectivity index (χ4n) is 19.7. The molecule has 0 unspecified atom stereocenters. The van der Waals surface area contributed by atoms with E-state index in [2.05, 4.69) is 433 Å². The van der Waals surface area contributed by atoms with Gasteiger partial charge in [-0.2, -0.15) is 5.26 Å². The molecule has 0 spiro atoms. The number of furan rings is 1. The van der Waals surface area contributed by atoms with Crippen molar-refractivity contribution in [2.75, 3.05) is 9.80 Å². The fraction of sp³-hybridized carbons (Fsp3) is 0.0180. The summed E-state index contributed by atoms with van der Waals surface area (Å²) in [6.07, 6.45) is 0. The Morgan fingerprint density at radius 2 is 0.692 bits per heavy atom. The van der Waals surface area contributed by atoms with Gasteiger partial charge in [0.2, 0.25) is 0 Å². The standard InChI is InChI=1S/C111H70N4OS/c112-71-72-43-51-81(52-44-72)113(86-61-63-92-90-31-13-17-38-99(90)110(101(92)69-86,77-23-5-1-6-24-77)78-25-7-2-8-26-78)83-55-47-74(48-56-83)89-36-21-37-96-108-88(35-22-41-105(108)116-109(89)96)76-49-65-104-97(68-76)94-33-15-19-40-103(94)115(104)85-59-57-84(58-60-85)114(82-53-45-73(46-54-82)75-50-66-107-98(67-75)95-34-16-20-42-106(95)117-107)87-62-64-93-91-32-14-18-39-100(91)111(102(93)70-87,79-27-9-3-10-28-79)80-29-11-4-12-30-80/h1-70H. The Labute approximate surface area is 681 Å². The van der Waals surface area contributed by atoms with E-state index in [-0.39, 0.29) is 0 Å². The number of aromatic nitrogens is 1. The Morgan fingerprint density at radius 1 is 0.274 bits per heavy atom. The highest BCUT2D eigenvalue weighted by atomic mass is 32.1. The van der Waals surface area contributed by atoms with Crippen molar-refractivity contribution in [1.29, 1.82) is 5.26 Å². The lowest BCUT2D eigenvalue weighted by atomic mass is 9.67. The van der Waals surface area contributed by atoms with E-state index in [1.54, 1.807) is 0 Å². The highest BCUT2D eigenvalue weighted by molar-refractivity contribution is 7.25. The summed E-state index contributed by atoms with van der Waals surface area (Å²) < 4.78 is 12.1. The number of thiophene rings is 1. The van der Waals surface area contributed by atoms with Crippen molar-refractivity contribution in [3.05, 3.63) is 475 Å². The molecule has 546 valence electrons. The van der Waals surface area contributed by atoms with Crippen LogP contribution in [-0.2, 0) is 10.8 Å². The van der Waals surface area contributed by atoms with Crippen LogP contribution in [-0.4, -0.2) is 4.57 Å². The highest BCUT2D eigenvalue weighted by Gasteiger charge is 2.48. The number of hydrogen-bond donors (Lipinski definition) is 0. The minimum absolute atomic E-state index is 0.577. The van der Waals surface area contributed by atoms with Crippen LogP contribution >= 0.6 is 11.3 Å². The zero-order valence-electron chi connectivity index (χ0n) is 63.5. The van der Waals surface area contributed by atoms with Crippen LogP contribution in [0.1, 0.15) is 50.1 Å². The summed E-state index contributed by atoms with van der Waals surface area (Å²) in [6, 6.07) is 158. The predicted molar refractivity (Wildman–Crippen MR) is 486 cm³/mol. The van der Waals surface area contributed by atoms with Crippen molar-refractivity contribution >= 4 is 109 Å². The van der Waals surface area contributed by atoms with Crippen LogP contribution in [0.25, 0.3) is 125 Å². The van der Waals surface area contributed by atoms with Gasteiger partial charge in [0, 0.05) is 87.1 Å². The zero-order valence-corrected chi connectivity index (χ0v) is 64.3. The van der Waals surface area contributed by atoms with Gasteiger partial charge in [-0.25, -0.2) is 0 Å². The van der Waals surface area contributed by atoms with Gasteiger partial charge in [0.1, 0.15) is 11.2 Å². The first-order valence-corrected chi connectivity index (χ1v) is 40.8. The van der Waals surface area contributed by atoms with Crippen LogP contribution in [0.4, 0.5) is 34.1 Å². The van der Waals surface area contributed by atoms with Gasteiger partial charge in [-0.1, -0.05) is 285 Å². The number of nitrogens with zero attached hydrogens (tertiary/aromatic N) is 4. The van der Waals surface area contributed by atoms with Crippen LogP contribution < -0.4 is 9.80 Å². The first kappa shape index (κ1) is 67.6. The summed E-state index contributed by atoms with van der Waals surface area (Å²) in [6.45, 7) is 0. The third-order valence-electron chi connectivity index (χ3n) is 24.8. The molecule has 3 heterocycles. The van der Waals surface area contributed by atoms with E-state index < -0.39 is 10.8 Å². The predicted octanol–water partition coefficient (Wildman–Crippen LogP) is 29.6. The van der Waals surface area contributed by atoms with Crippen LogP contribution in [0.2, 0.25) is 0 Å². The molecule has 2 aliphatic rings. The normalized spacial score (nSPS) is 12.9. The number of hydrogen-bond acceptors (Lipinski definition) is 5. The first-order valence-electron chi connectivity index (χ1n) is 40.0. The smallest absolute Gasteiger partial charge is 0.143 e. The fourth-order valence-corrected chi connectivity index (χ4v) is 20.8. The molecule has 0 fully saturated rings. The minimum atomic E-state index is -0.582. The number of benzene rings is 18. The van der Waals surface area contributed by atoms with Crippen molar-refractivity contribution in [1.82, 2.24) is 4.57 Å². The van der Waals surface area contributed by atoms with E-state index in [1.165, 1.54) is 103 Å². The third-order valence-corrected chi connectivity index (χ3v) is 26.0. The summed E-state index contributed by atoms with van der Waals surface area (Å²) in [7, 11) is 0. The number of anilines is 6. The lowest BCUT2D eigenvalue weighted by Crippen LogP contribution is -2.28. The van der Waals surface area contributed by atoms with Crippen LogP contribution in [0, 0.1) is 11.3 Å². The third kappa shape index (κ3) is 10.5. The van der Waals surface area contributed by atoms with Gasteiger partial charge < -0.3 is 18.8 Å². The lowest BCUT2D eigenvalue weighted by molar-refractivity contribution is 0.670. The Balaban J connectivity index is 0.609. The summed E-state index contributed by atoms with van der Waals surface area (Å²) in [5, 5.41) is 17.1. The molecule has 0 radical (unpaired) electrons. The Hall–Kier alpha value is -15.1. The highest BCUT2D eigenvalue weighted by Crippen LogP contribution is 2.60. The Morgan fingerprint density at radius 3 is 1.27 bits per heavy atom. The van der Waals surface area contributed by atoms with Gasteiger partial charge in [0.25, 0.3) is 0 Å². The molecule has 2 aliphatic carbocycles. The van der Waals surface area contributed by atoms with Crippen molar-refractivity contribution in [2.45, 2.75) is 10.8 Å². The molecule has 6 heteroatoms. The second-order valence-corrected chi connectivity index (χ2v) is 31.9. The van der Waals surface area contributed by atoms with Gasteiger partial charge >= 0.3 is 0 Å². The van der Waals surface area contributed by atoms with E-state index in [9.17, 15) is 5.26 Å². The van der Waals surface area contributed by atoms with Crippen molar-refractivity contribution < 1.29 is 4.42 Å². The monoisotopic (exact) mass is 1510 g/mol. The van der Waals surface area contributed by atoms with Gasteiger partial charge in [-0.15, -0.1) is 11.3 Å². The average Bonchev–Trinajstić information content (AvgIpc) is 1.54. The molecule has 0 bridgehead atoms. The molecule has 0 saturated carbocycles. The van der Waals surface area contributed by atoms with Gasteiger partial charge in [-0.05, 0) is 234 Å². The molecule has 23 rings (SSSR count). The summed E-state index contributed by atoms with van der Waals surface area (Å²) in [5.41, 5.74) is 31.9. The largest absolute Gasteiger partial charge is 0.455 e. The average molecular weight is 1510 g/mol. The number of para-hydroxylation sites is 2. The van der Waals surface area contributed by atoms with E-state index in [4.69, 9.17) is 4.42 Å². The van der Waals surface area contributed by atoms with Crippen molar-refractivity contribution in [3.63, 3.8) is 0 Å². The van der Waals surface area contributed by atoms with Crippen LogP contribution in [0.3, 0.4) is 0 Å². The maximum Gasteiger partial charge on any atom is 0.143 e. The topological polar surface area (TPSA) is 48.3 Å². The summed E-state index contributed by atoms with van der Waals surface area (Å²) in [5.74, 6) is 0. The second kappa shape index (κ2) is 27.0. The number of rotatable bonds is 14. The minimum Gasteiger partial charge on any atom is -0.455 e. The van der Waals surface area contributed by atoms with Gasteiger partial charge in [0.15, 0.2) is 0 Å². The maximum absolute atomic E-state index is 10.0. The summed E-state index contributed by atoms with van der Waals surface area (Å²) >= 11 is 1.85. The van der Waals surface area contributed by atoms with Crippen LogP contribution in [0.15, 0.2) is 429 Å². The SMILES string of the molecule is N#Cc1ccc(N(c2ccc(-c3cccc4c3oc3cccc(-c5ccc6c(c5)c5ccccc5n6-c5ccc(N(c6ccc(-c7ccc8sc9ccccc9c8c7)cc6)c6ccc7c(c6)C(c6ccccc6)(c6ccccc6)c6ccccc6-7)cc5)c34)cc2)c2ccc3c(c2)C(c2ccccc2)(c2ccccc2)c2ccccc2-3)cc1. The number of nitriles is 1. The molecule has 5 nitrogen and oxygen atoms in total. The Kier molecular flexibility index (Phi) is 15.6. The number of fused-ring (bicyclic) bond motifs is 15. The zero-order chi connectivity index (χ0) is 77.3. The molecule has 0 N–H and O–H groups in total. The Bertz CT molecular complexity index is 7470. The maximum atomic E-state index is 10.0. The molecular formula is C111H70N4OS. The van der Waals surface area contributed by atoms with Crippen molar-refractivity contribution in [2.24, 2.45) is 0 Å². The van der Waals surface area contributed by atoms with Gasteiger partial charge in [-0.3, -0.25) is 0 Å². The van der Waals surface area contributed by atoms with E-state index in [0.29, 0.717) is 5.56 Å². The molecule has 0 amide bonds. The molecule has 21 aromatic rings. The van der Waals surface area contributed by atoms with Crippen molar-refractivity contribution in [3.8, 4) is 67.4 Å². The molecule has 0 saturated heterocycles. The van der Waals surface area contributed by atoms with E-state index >= 15 is 0 Å². The molecule has 117 heavy (non-hydrogen) atoms. The van der Waals surface area contributed by atoms with Gasteiger partial charge in [0.05, 0.1) is 33.5 Å². The quantitative estimate of drug-likeness (QED) is 0.109. The molecule has 3 aromatic heterocycles. The molecule has 0 aliphatic heterocycles. The molecule has 18 aromatic carbocycles. The lowest BCUT2D eigenvalue weighted by Gasteiger charge is -2.35. The van der Waals surface area contributed by atoms with Crippen LogP contribution in [0.5, 0.6) is 0 Å². The first-order chi connectivity index (χ1) is 58.0. The summed E-state index contributed by atoms with van der Waals surface area (Å²) in [4.78, 5) is 4.75. The van der Waals surface area contributed by atoms with E-state index in [1.807, 2.05) is 23.5 Å². The molecular weight excluding hydrogens is 1440 g/mol. The second-order valence-electron chi connectivity index (χ2n) is 30.8.